The zero-order valence-electron chi connectivity index (χ0n) is 13.8. The van der Waals surface area contributed by atoms with Crippen LogP contribution in [-0.2, 0) is 9.59 Å². The summed E-state index contributed by atoms with van der Waals surface area (Å²) in [5.74, 6) is -3.95. The molecule has 0 aliphatic carbocycles. The summed E-state index contributed by atoms with van der Waals surface area (Å²) >= 11 is 0. The molecule has 0 heterocycles. The van der Waals surface area contributed by atoms with E-state index in [1.807, 2.05) is 0 Å². The number of aliphatic hydroxyl groups is 10. The SMILES string of the molecule is O=C([O-])[C@@H](O)[C@H](O)[C@@H](O)[C@@H](O)CO.O=C([O-])[C@@H](O)[C@H](O)[C@@H](O)[C@@H](O)CO.[Mg+2]. The van der Waals surface area contributed by atoms with Crippen molar-refractivity contribution >= 4 is 35.0 Å². The van der Waals surface area contributed by atoms with Gasteiger partial charge in [-0.2, -0.15) is 0 Å². The fourth-order valence-electron chi connectivity index (χ4n) is 1.32. The maximum atomic E-state index is 9.98. The van der Waals surface area contributed by atoms with E-state index in [0.717, 1.165) is 0 Å². The number of aliphatic carboxylic acids is 2. The standard InChI is InChI=1S/2C6H12O7.Mg/c2*7-1-2(8)3(9)4(10)5(11)6(12)13;/h2*2-5,7-11H,1H2,(H,12,13);/q;;+2/p-2/t2*2-,3-,4+,5-;/m00./s1. The van der Waals surface area contributed by atoms with Gasteiger partial charge >= 0.3 is 23.1 Å². The Balaban J connectivity index is -0.000000411. The Morgan fingerprint density at radius 2 is 0.815 bits per heavy atom. The van der Waals surface area contributed by atoms with E-state index in [1.165, 1.54) is 0 Å². The van der Waals surface area contributed by atoms with Gasteiger partial charge in [-0.15, -0.1) is 0 Å². The first-order valence-electron chi connectivity index (χ1n) is 6.91. The van der Waals surface area contributed by atoms with Gasteiger partial charge in [0.15, 0.2) is 0 Å². The van der Waals surface area contributed by atoms with E-state index in [4.69, 9.17) is 51.1 Å². The predicted octanol–water partition coefficient (Wildman–Crippen LogP) is -10.0. The van der Waals surface area contributed by atoms with Crippen molar-refractivity contribution in [2.24, 2.45) is 0 Å². The van der Waals surface area contributed by atoms with Crippen molar-refractivity contribution in [2.75, 3.05) is 13.2 Å². The minimum atomic E-state index is -2.31. The first-order valence-corrected chi connectivity index (χ1v) is 6.91. The third-order valence-corrected chi connectivity index (χ3v) is 2.99. The Morgan fingerprint density at radius 3 is 0.963 bits per heavy atom. The van der Waals surface area contributed by atoms with Gasteiger partial charge in [0.25, 0.3) is 0 Å². The second kappa shape index (κ2) is 15.3. The molecule has 0 radical (unpaired) electrons. The Hall–Kier alpha value is -0.694. The van der Waals surface area contributed by atoms with Crippen molar-refractivity contribution in [1.82, 2.24) is 0 Å². The average molecular weight is 415 g/mol. The molecular weight excluding hydrogens is 392 g/mol. The number of rotatable bonds is 10. The topological polar surface area (TPSA) is 283 Å². The Kier molecular flexibility index (Phi) is 17.5. The van der Waals surface area contributed by atoms with Crippen LogP contribution >= 0.6 is 0 Å². The maximum absolute atomic E-state index is 9.98. The molecule has 0 fully saturated rings. The molecule has 0 saturated heterocycles. The van der Waals surface area contributed by atoms with Crippen LogP contribution in [0.2, 0.25) is 0 Å². The molecule has 15 heteroatoms. The van der Waals surface area contributed by atoms with E-state index in [9.17, 15) is 19.8 Å². The first-order chi connectivity index (χ1) is 11.8. The number of hydrogen-bond acceptors (Lipinski definition) is 14. The van der Waals surface area contributed by atoms with Gasteiger partial charge in [0.1, 0.15) is 48.8 Å². The largest absolute Gasteiger partial charge is 2.00 e. The molecule has 0 aliphatic heterocycles. The van der Waals surface area contributed by atoms with E-state index in [0.29, 0.717) is 0 Å². The smallest absolute Gasteiger partial charge is 0.547 e. The molecule has 0 amide bonds. The second-order valence-electron chi connectivity index (χ2n) is 4.99. The number of carbonyl (C=O) groups is 2. The van der Waals surface area contributed by atoms with Gasteiger partial charge in [-0.05, 0) is 0 Å². The molecule has 27 heavy (non-hydrogen) atoms. The van der Waals surface area contributed by atoms with Crippen LogP contribution in [-0.4, -0.2) is 148 Å². The van der Waals surface area contributed by atoms with Gasteiger partial charge in [-0.25, -0.2) is 0 Å². The summed E-state index contributed by atoms with van der Waals surface area (Å²) in [4.78, 5) is 20.0. The fourth-order valence-corrected chi connectivity index (χ4v) is 1.32. The number of aliphatic hydroxyl groups excluding tert-OH is 10. The van der Waals surface area contributed by atoms with Crippen molar-refractivity contribution in [1.29, 1.82) is 0 Å². The fraction of sp³-hybridized carbons (Fsp3) is 0.833. The molecule has 0 unspecified atom stereocenters. The number of hydrogen-bond donors (Lipinski definition) is 10. The van der Waals surface area contributed by atoms with Crippen LogP contribution in [0.15, 0.2) is 0 Å². The number of carboxylic acids is 2. The van der Waals surface area contributed by atoms with Crippen LogP contribution in [0.1, 0.15) is 0 Å². The molecule has 0 aliphatic rings. The quantitative estimate of drug-likeness (QED) is 0.148. The van der Waals surface area contributed by atoms with Crippen molar-refractivity contribution in [3.63, 3.8) is 0 Å². The van der Waals surface area contributed by atoms with E-state index in [-0.39, 0.29) is 23.1 Å². The van der Waals surface area contributed by atoms with E-state index >= 15 is 0 Å². The van der Waals surface area contributed by atoms with E-state index in [2.05, 4.69) is 0 Å². The number of carboxylic acid groups (broad SMARTS) is 2. The summed E-state index contributed by atoms with van der Waals surface area (Å²) in [7, 11) is 0. The Labute approximate surface area is 168 Å². The zero-order valence-corrected chi connectivity index (χ0v) is 15.3. The summed E-state index contributed by atoms with van der Waals surface area (Å²) < 4.78 is 0. The third-order valence-electron chi connectivity index (χ3n) is 2.99. The van der Waals surface area contributed by atoms with E-state index in [1.54, 1.807) is 0 Å². The normalized spacial score (nSPS) is 19.6. The maximum Gasteiger partial charge on any atom is 2.00 e. The van der Waals surface area contributed by atoms with Crippen molar-refractivity contribution in [3.8, 4) is 0 Å². The Morgan fingerprint density at radius 1 is 0.593 bits per heavy atom. The van der Waals surface area contributed by atoms with Gasteiger partial charge in [-0.1, -0.05) is 0 Å². The van der Waals surface area contributed by atoms with Crippen LogP contribution in [0.3, 0.4) is 0 Å². The molecule has 14 nitrogen and oxygen atoms in total. The Bertz CT molecular complexity index is 385. The average Bonchev–Trinajstić information content (AvgIpc) is 2.62. The molecule has 0 spiro atoms. The van der Waals surface area contributed by atoms with Crippen LogP contribution < -0.4 is 10.2 Å². The summed E-state index contributed by atoms with van der Waals surface area (Å²) in [6.45, 7) is -1.73. The zero-order chi connectivity index (χ0) is 21.2. The molecule has 10 N–H and O–H groups in total. The monoisotopic (exact) mass is 414 g/mol. The molecule has 156 valence electrons. The van der Waals surface area contributed by atoms with Crippen molar-refractivity contribution in [2.45, 2.75) is 48.8 Å². The van der Waals surface area contributed by atoms with Gasteiger partial charge < -0.3 is 70.9 Å². The summed E-state index contributed by atoms with van der Waals surface area (Å²) in [6.07, 6.45) is -16.2. The summed E-state index contributed by atoms with van der Waals surface area (Å²) in [5, 5.41) is 107. The molecule has 0 aromatic carbocycles. The molecule has 0 bridgehead atoms. The summed E-state index contributed by atoms with van der Waals surface area (Å²) in [5.41, 5.74) is 0. The molecular formula is C12H22MgO14. The second-order valence-corrected chi connectivity index (χ2v) is 4.99. The summed E-state index contributed by atoms with van der Waals surface area (Å²) in [6, 6.07) is 0. The first kappa shape index (κ1) is 31.0. The van der Waals surface area contributed by atoms with Crippen LogP contribution in [0.4, 0.5) is 0 Å². The van der Waals surface area contributed by atoms with Crippen molar-refractivity contribution < 1.29 is 70.9 Å². The molecule has 0 rings (SSSR count). The molecule has 8 atom stereocenters. The minimum Gasteiger partial charge on any atom is -0.547 e. The molecule has 0 saturated carbocycles. The third kappa shape index (κ3) is 11.0. The van der Waals surface area contributed by atoms with Gasteiger partial charge in [0.2, 0.25) is 0 Å². The van der Waals surface area contributed by atoms with Crippen molar-refractivity contribution in [3.05, 3.63) is 0 Å². The van der Waals surface area contributed by atoms with Crippen LogP contribution in [0, 0.1) is 0 Å². The predicted molar refractivity (Wildman–Crippen MR) is 78.0 cm³/mol. The van der Waals surface area contributed by atoms with Gasteiger partial charge in [0.05, 0.1) is 25.2 Å². The van der Waals surface area contributed by atoms with E-state index < -0.39 is 74.0 Å². The number of carbonyl (C=O) groups excluding carboxylic acids is 2. The van der Waals surface area contributed by atoms with Gasteiger partial charge in [-0.3, -0.25) is 0 Å². The minimum absolute atomic E-state index is 0. The van der Waals surface area contributed by atoms with Crippen LogP contribution in [0.25, 0.3) is 0 Å². The van der Waals surface area contributed by atoms with Crippen LogP contribution in [0.5, 0.6) is 0 Å². The molecule has 0 aromatic rings. The molecule has 0 aromatic heterocycles. The van der Waals surface area contributed by atoms with Gasteiger partial charge in [0, 0.05) is 0 Å².